The van der Waals surface area contributed by atoms with E-state index in [4.69, 9.17) is 10.2 Å². The molecule has 4 heteroatoms. The van der Waals surface area contributed by atoms with Gasteiger partial charge in [0.2, 0.25) is 0 Å². The highest BCUT2D eigenvalue weighted by molar-refractivity contribution is 5.85. The van der Waals surface area contributed by atoms with Gasteiger partial charge in [-0.25, -0.2) is 4.79 Å². The predicted octanol–water partition coefficient (Wildman–Crippen LogP) is 1.11. The summed E-state index contributed by atoms with van der Waals surface area (Å²) in [5.74, 6) is -0.814. The number of carboxylic acid groups (broad SMARTS) is 1. The van der Waals surface area contributed by atoms with Crippen LogP contribution in [-0.2, 0) is 4.79 Å². The van der Waals surface area contributed by atoms with Crippen molar-refractivity contribution in [1.29, 1.82) is 0 Å². The summed E-state index contributed by atoms with van der Waals surface area (Å²) < 4.78 is 0. The molecule has 0 bridgehead atoms. The lowest BCUT2D eigenvalue weighted by Gasteiger charge is -1.92. The number of phenolic OH excluding ortho intramolecular Hbond substituents is 1. The van der Waals surface area contributed by atoms with Gasteiger partial charge in [0.1, 0.15) is 5.75 Å². The molecule has 0 saturated heterocycles. The fourth-order valence-electron chi connectivity index (χ4n) is 0.753. The molecule has 65 valence electrons. The van der Waals surface area contributed by atoms with Gasteiger partial charge in [-0.2, -0.15) is 0 Å². The van der Waals surface area contributed by atoms with E-state index in [0.29, 0.717) is 0 Å². The number of carboxylic acids is 1. The van der Waals surface area contributed by atoms with Crippen molar-refractivity contribution in [3.05, 3.63) is 35.9 Å². The van der Waals surface area contributed by atoms with Crippen molar-refractivity contribution in [1.82, 2.24) is 0 Å². The van der Waals surface area contributed by atoms with Gasteiger partial charge in [-0.15, -0.1) is 0 Å². The molecule has 0 spiro atoms. The van der Waals surface area contributed by atoms with E-state index in [9.17, 15) is 4.79 Å². The Morgan fingerprint density at radius 2 is 1.77 bits per heavy atom. The Balaban J connectivity index is 0.00000144. The van der Waals surface area contributed by atoms with E-state index < -0.39 is 5.97 Å². The maximum atomic E-state index is 10.1. The van der Waals surface area contributed by atoms with E-state index >= 15 is 0 Å². The van der Waals surface area contributed by atoms with Crippen molar-refractivity contribution in [3.8, 4) is 5.75 Å². The minimum absolute atomic E-state index is 0. The topological polar surface area (TPSA) is 57.5 Å². The number of phenols is 1. The largest absolute Gasteiger partial charge is 0.508 e. The second-order valence-corrected chi connectivity index (χ2v) is 2.26. The Morgan fingerprint density at radius 1 is 1.23 bits per heavy atom. The van der Waals surface area contributed by atoms with E-state index in [2.05, 4.69) is 0 Å². The molecule has 3 nitrogen and oxygen atoms in total. The zero-order valence-corrected chi connectivity index (χ0v) is 6.84. The van der Waals surface area contributed by atoms with E-state index in [1.165, 1.54) is 18.2 Å². The Bertz CT molecular complexity index is 303. The number of carbonyl (C=O) groups is 1. The highest BCUT2D eigenvalue weighted by Gasteiger charge is 1.89. The minimum atomic E-state index is -0.983. The second kappa shape index (κ2) is 5.03. The smallest absolute Gasteiger partial charge is 0.328 e. The quantitative estimate of drug-likeness (QED) is 0.522. The van der Waals surface area contributed by atoms with Crippen LogP contribution >= 0.6 is 0 Å². The normalized spacial score (nSPS) is 9.54. The van der Waals surface area contributed by atoms with Crippen LogP contribution in [-0.4, -0.2) is 24.6 Å². The van der Waals surface area contributed by atoms with E-state index in [0.717, 1.165) is 11.6 Å². The van der Waals surface area contributed by atoms with Crippen molar-refractivity contribution >= 4 is 20.5 Å². The van der Waals surface area contributed by atoms with E-state index in [1.807, 2.05) is 0 Å². The number of aromatic hydroxyl groups is 1. The van der Waals surface area contributed by atoms with Crippen molar-refractivity contribution in [3.63, 3.8) is 0 Å². The molecule has 0 heterocycles. The van der Waals surface area contributed by atoms with Crippen molar-refractivity contribution in [2.24, 2.45) is 0 Å². The van der Waals surface area contributed by atoms with Gasteiger partial charge < -0.3 is 10.2 Å². The van der Waals surface area contributed by atoms with Crippen LogP contribution in [0, 0.1) is 0 Å². The predicted molar refractivity (Wildman–Crippen MR) is 50.5 cm³/mol. The Labute approximate surface area is 77.9 Å². The SMILES string of the molecule is O=C(O)/C=C/c1ccc(O)cc1.[B]. The molecular weight excluding hydrogens is 167 g/mol. The summed E-state index contributed by atoms with van der Waals surface area (Å²) in [7, 11) is 0. The van der Waals surface area contributed by atoms with Crippen LogP contribution in [0.2, 0.25) is 0 Å². The number of hydrogen-bond donors (Lipinski definition) is 2. The second-order valence-electron chi connectivity index (χ2n) is 2.26. The minimum Gasteiger partial charge on any atom is -0.508 e. The Kier molecular flexibility index (Phi) is 4.37. The third-order valence-corrected chi connectivity index (χ3v) is 1.31. The van der Waals surface area contributed by atoms with Crippen LogP contribution in [0.15, 0.2) is 30.3 Å². The van der Waals surface area contributed by atoms with Gasteiger partial charge in [0, 0.05) is 14.5 Å². The Morgan fingerprint density at radius 3 is 2.23 bits per heavy atom. The number of rotatable bonds is 2. The first kappa shape index (κ1) is 11.3. The van der Waals surface area contributed by atoms with Crippen molar-refractivity contribution in [2.75, 3.05) is 0 Å². The zero-order chi connectivity index (χ0) is 8.97. The van der Waals surface area contributed by atoms with Gasteiger partial charge >= 0.3 is 5.97 Å². The average Bonchev–Trinajstić information content (AvgIpc) is 2.03. The summed E-state index contributed by atoms with van der Waals surface area (Å²) in [5.41, 5.74) is 0.746. The number of aliphatic carboxylic acids is 1. The summed E-state index contributed by atoms with van der Waals surface area (Å²) in [4.78, 5) is 10.1. The summed E-state index contributed by atoms with van der Waals surface area (Å²) in [6.07, 6.45) is 2.51. The molecule has 0 fully saturated rings. The van der Waals surface area contributed by atoms with Gasteiger partial charge in [-0.05, 0) is 23.8 Å². The molecule has 0 aliphatic rings. The lowest BCUT2D eigenvalue weighted by molar-refractivity contribution is -0.131. The zero-order valence-electron chi connectivity index (χ0n) is 6.84. The molecule has 0 saturated carbocycles. The number of hydrogen-bond acceptors (Lipinski definition) is 2. The summed E-state index contributed by atoms with van der Waals surface area (Å²) >= 11 is 0. The van der Waals surface area contributed by atoms with Gasteiger partial charge in [0.05, 0.1) is 0 Å². The first-order valence-corrected chi connectivity index (χ1v) is 3.38. The van der Waals surface area contributed by atoms with Crippen LogP contribution in [0.3, 0.4) is 0 Å². The van der Waals surface area contributed by atoms with E-state index in [1.54, 1.807) is 12.1 Å². The summed E-state index contributed by atoms with van der Waals surface area (Å²) in [6, 6.07) is 6.27. The van der Waals surface area contributed by atoms with Crippen LogP contribution < -0.4 is 0 Å². The van der Waals surface area contributed by atoms with Crippen LogP contribution in [0.4, 0.5) is 0 Å². The van der Waals surface area contributed by atoms with Crippen molar-refractivity contribution < 1.29 is 15.0 Å². The third kappa shape index (κ3) is 4.01. The molecule has 1 rings (SSSR count). The molecule has 0 atom stereocenters. The highest BCUT2D eigenvalue weighted by atomic mass is 16.4. The molecule has 0 unspecified atom stereocenters. The fourth-order valence-corrected chi connectivity index (χ4v) is 0.753. The van der Waals surface area contributed by atoms with Crippen LogP contribution in [0.25, 0.3) is 6.08 Å². The maximum absolute atomic E-state index is 10.1. The maximum Gasteiger partial charge on any atom is 0.328 e. The molecule has 1 aromatic rings. The molecule has 0 aromatic heterocycles. The van der Waals surface area contributed by atoms with Crippen LogP contribution in [0.5, 0.6) is 5.75 Å². The van der Waals surface area contributed by atoms with Gasteiger partial charge in [0.25, 0.3) is 0 Å². The molecular formula is C9H8BO3. The first-order chi connectivity index (χ1) is 5.68. The van der Waals surface area contributed by atoms with Gasteiger partial charge in [-0.3, -0.25) is 0 Å². The molecule has 0 aliphatic heterocycles. The summed E-state index contributed by atoms with van der Waals surface area (Å²) in [6.45, 7) is 0. The highest BCUT2D eigenvalue weighted by Crippen LogP contribution is 2.10. The summed E-state index contributed by atoms with van der Waals surface area (Å²) in [5, 5.41) is 17.2. The van der Waals surface area contributed by atoms with Crippen LogP contribution in [0.1, 0.15) is 5.56 Å². The molecule has 3 radical (unpaired) electrons. The Hall–Kier alpha value is -1.71. The number of benzene rings is 1. The first-order valence-electron chi connectivity index (χ1n) is 3.38. The lowest BCUT2D eigenvalue weighted by atomic mass is 10.2. The third-order valence-electron chi connectivity index (χ3n) is 1.31. The molecule has 13 heavy (non-hydrogen) atoms. The van der Waals surface area contributed by atoms with Gasteiger partial charge in [-0.1, -0.05) is 12.1 Å². The molecule has 0 aliphatic carbocycles. The fraction of sp³-hybridized carbons (Fsp3) is 0. The lowest BCUT2D eigenvalue weighted by Crippen LogP contribution is -1.85. The average molecular weight is 175 g/mol. The van der Waals surface area contributed by atoms with Crippen molar-refractivity contribution in [2.45, 2.75) is 0 Å². The standard InChI is InChI=1S/C9H8O3.B/c10-8-4-1-7(2-5-8)3-6-9(11)12;/h1-6,10H,(H,11,12);/b6-3+;. The molecule has 0 amide bonds. The monoisotopic (exact) mass is 175 g/mol. The van der Waals surface area contributed by atoms with E-state index in [-0.39, 0.29) is 14.2 Å². The molecule has 2 N–H and O–H groups in total. The van der Waals surface area contributed by atoms with Gasteiger partial charge in [0.15, 0.2) is 0 Å². The molecule has 1 aromatic carbocycles.